The predicted octanol–water partition coefficient (Wildman–Crippen LogP) is 5.67. The molecule has 1 spiro atoms. The molecule has 4 rings (SSSR count). The molecule has 254 valence electrons. The molecular formula is C34H54O10Si. The molecule has 0 radical (unpaired) electrons. The van der Waals surface area contributed by atoms with E-state index < -0.39 is 73.0 Å². The van der Waals surface area contributed by atoms with Gasteiger partial charge in [0.2, 0.25) is 0 Å². The van der Waals surface area contributed by atoms with Crippen molar-refractivity contribution >= 4 is 32.2 Å². The number of epoxide rings is 1. The molecule has 1 heterocycles. The van der Waals surface area contributed by atoms with E-state index in [4.69, 9.17) is 28.1 Å². The van der Waals surface area contributed by atoms with E-state index in [1.807, 2.05) is 13.8 Å². The molecule has 0 aromatic heterocycles. The number of hydrogen-bond acceptors (Lipinski definition) is 10. The summed E-state index contributed by atoms with van der Waals surface area (Å²) in [4.78, 5) is 50.9. The highest BCUT2D eigenvalue weighted by molar-refractivity contribution is 6.73. The third kappa shape index (κ3) is 6.25. The van der Waals surface area contributed by atoms with Gasteiger partial charge in [0.1, 0.15) is 17.8 Å². The number of hydrogen-bond donors (Lipinski definition) is 0. The quantitative estimate of drug-likeness (QED) is 0.101. The number of rotatable bonds is 9. The normalized spacial score (nSPS) is 37.1. The Kier molecular flexibility index (Phi) is 10.1. The minimum absolute atomic E-state index is 0.0375. The largest absolute Gasteiger partial charge is 0.462 e. The van der Waals surface area contributed by atoms with E-state index in [1.165, 1.54) is 27.7 Å². The Labute approximate surface area is 269 Å². The zero-order chi connectivity index (χ0) is 33.7. The van der Waals surface area contributed by atoms with Crippen molar-refractivity contribution in [3.8, 4) is 0 Å². The van der Waals surface area contributed by atoms with Crippen molar-refractivity contribution in [2.45, 2.75) is 150 Å². The first-order valence-electron chi connectivity index (χ1n) is 16.6. The second kappa shape index (κ2) is 12.8. The van der Waals surface area contributed by atoms with Crippen LogP contribution in [-0.4, -0.2) is 74.9 Å². The summed E-state index contributed by atoms with van der Waals surface area (Å²) in [5, 5.41) is 0. The van der Waals surface area contributed by atoms with Crippen molar-refractivity contribution in [1.29, 1.82) is 0 Å². The Morgan fingerprint density at radius 1 is 0.778 bits per heavy atom. The molecule has 10 nitrogen and oxygen atoms in total. The van der Waals surface area contributed by atoms with Gasteiger partial charge in [0.05, 0.1) is 18.1 Å². The highest BCUT2D eigenvalue weighted by Crippen LogP contribution is 2.65. The van der Waals surface area contributed by atoms with Crippen LogP contribution in [0.1, 0.15) is 95.4 Å². The first-order chi connectivity index (χ1) is 20.9. The standard InChI is InChI=1S/C34H54O10Si/c1-12-45(13-2,14-3)44-28-17-27(41-21(6)36)33(11)26(34(28)18-39-34)16-24-15-25(40-20(5)35)19(4)29(32(24,9)10)30(42-22(7)37)31(33)43-23(8)38/h24-28,30-31H,12-18H2,1-11H3/t24-,25-,26-,27-,28-,30+,31-,33-,34+/m0/s1. The summed E-state index contributed by atoms with van der Waals surface area (Å²) >= 11 is 0. The van der Waals surface area contributed by atoms with Crippen molar-refractivity contribution in [2.75, 3.05) is 6.61 Å². The van der Waals surface area contributed by atoms with Crippen LogP contribution >= 0.6 is 0 Å². The molecule has 2 bridgehead atoms. The summed E-state index contributed by atoms with van der Waals surface area (Å²) in [6.45, 7) is 20.6. The van der Waals surface area contributed by atoms with E-state index in [0.29, 0.717) is 25.9 Å². The fourth-order valence-electron chi connectivity index (χ4n) is 9.13. The summed E-state index contributed by atoms with van der Waals surface area (Å²) < 4.78 is 38.2. The molecule has 9 atom stereocenters. The van der Waals surface area contributed by atoms with Gasteiger partial charge in [0.15, 0.2) is 20.5 Å². The summed E-state index contributed by atoms with van der Waals surface area (Å²) in [7, 11) is -2.14. The van der Waals surface area contributed by atoms with Crippen LogP contribution in [0.5, 0.6) is 0 Å². The van der Waals surface area contributed by atoms with Gasteiger partial charge in [-0.05, 0) is 60.4 Å². The molecule has 0 amide bonds. The highest BCUT2D eigenvalue weighted by atomic mass is 28.4. The van der Waals surface area contributed by atoms with Gasteiger partial charge >= 0.3 is 23.9 Å². The molecule has 3 fully saturated rings. The van der Waals surface area contributed by atoms with Crippen LogP contribution < -0.4 is 0 Å². The summed E-state index contributed by atoms with van der Waals surface area (Å²) in [5.74, 6) is -2.28. The lowest BCUT2D eigenvalue weighted by atomic mass is 9.48. The van der Waals surface area contributed by atoms with Crippen LogP contribution in [-0.2, 0) is 47.3 Å². The maximum atomic E-state index is 13.0. The maximum absolute atomic E-state index is 13.0. The van der Waals surface area contributed by atoms with Crippen molar-refractivity contribution in [1.82, 2.24) is 0 Å². The fraction of sp³-hybridized carbons (Fsp3) is 0.824. The van der Waals surface area contributed by atoms with Gasteiger partial charge in [-0.25, -0.2) is 0 Å². The Hall–Kier alpha value is -2.24. The molecule has 11 heteroatoms. The molecule has 3 aliphatic carbocycles. The molecule has 45 heavy (non-hydrogen) atoms. The van der Waals surface area contributed by atoms with E-state index in [-0.39, 0.29) is 17.9 Å². The van der Waals surface area contributed by atoms with Crippen LogP contribution in [0.3, 0.4) is 0 Å². The van der Waals surface area contributed by atoms with Crippen LogP contribution in [0.2, 0.25) is 18.1 Å². The number of fused-ring (bicyclic) bond motifs is 4. The Balaban J connectivity index is 2.02. The first-order valence-corrected chi connectivity index (χ1v) is 19.2. The third-order valence-electron chi connectivity index (χ3n) is 11.8. The van der Waals surface area contributed by atoms with E-state index in [9.17, 15) is 19.2 Å². The molecule has 4 aliphatic rings. The van der Waals surface area contributed by atoms with Crippen molar-refractivity contribution in [3.63, 3.8) is 0 Å². The Morgan fingerprint density at radius 2 is 1.31 bits per heavy atom. The van der Waals surface area contributed by atoms with E-state index in [2.05, 4.69) is 34.6 Å². The van der Waals surface area contributed by atoms with E-state index >= 15 is 0 Å². The van der Waals surface area contributed by atoms with Gasteiger partial charge in [-0.15, -0.1) is 0 Å². The smallest absolute Gasteiger partial charge is 0.303 e. The lowest BCUT2D eigenvalue weighted by molar-refractivity contribution is -0.232. The minimum atomic E-state index is -2.14. The van der Waals surface area contributed by atoms with Crippen LogP contribution in [0.4, 0.5) is 0 Å². The monoisotopic (exact) mass is 650 g/mol. The van der Waals surface area contributed by atoms with Crippen molar-refractivity contribution in [3.05, 3.63) is 11.1 Å². The third-order valence-corrected chi connectivity index (χ3v) is 16.5. The molecule has 0 N–H and O–H groups in total. The van der Waals surface area contributed by atoms with Gasteiger partial charge in [0, 0.05) is 40.0 Å². The lowest BCUT2D eigenvalue weighted by Crippen LogP contribution is -2.69. The van der Waals surface area contributed by atoms with E-state index in [1.54, 1.807) is 0 Å². The fourth-order valence-corrected chi connectivity index (χ4v) is 12.0. The van der Waals surface area contributed by atoms with Gasteiger partial charge < -0.3 is 28.1 Å². The van der Waals surface area contributed by atoms with Crippen LogP contribution in [0.25, 0.3) is 0 Å². The average Bonchev–Trinajstić information content (AvgIpc) is 3.73. The van der Waals surface area contributed by atoms with Crippen molar-refractivity contribution < 1.29 is 47.3 Å². The molecule has 1 saturated heterocycles. The first kappa shape index (κ1) is 35.6. The topological polar surface area (TPSA) is 127 Å². The number of esters is 4. The zero-order valence-electron chi connectivity index (χ0n) is 29.1. The Morgan fingerprint density at radius 3 is 1.78 bits per heavy atom. The molecule has 0 aromatic rings. The SMILES string of the molecule is CC[Si](CC)(CC)O[C@H]1C[C@H](OC(C)=O)[C@]2(C)[C@H](C[C@@H]3C[C@H](OC(C)=O)C(C)=C([C@@H](OC(C)=O)[C@@H]2OC(C)=O)C3(C)C)[C@]12CO2. The lowest BCUT2D eigenvalue weighted by Gasteiger charge is -2.61. The van der Waals surface area contributed by atoms with Gasteiger partial charge in [-0.1, -0.05) is 41.5 Å². The number of carbonyl (C=O) groups is 4. The zero-order valence-corrected chi connectivity index (χ0v) is 30.1. The summed E-state index contributed by atoms with van der Waals surface area (Å²) in [6.07, 6.45) is -2.08. The second-order valence-corrected chi connectivity index (χ2v) is 19.2. The molecular weight excluding hydrogens is 596 g/mol. The molecule has 0 unspecified atom stereocenters. The molecule has 2 saturated carbocycles. The number of ether oxygens (including phenoxy) is 5. The molecule has 1 aliphatic heterocycles. The van der Waals surface area contributed by atoms with Gasteiger partial charge in [-0.2, -0.15) is 0 Å². The maximum Gasteiger partial charge on any atom is 0.303 e. The average molecular weight is 651 g/mol. The minimum Gasteiger partial charge on any atom is -0.462 e. The van der Waals surface area contributed by atoms with Crippen molar-refractivity contribution in [2.24, 2.45) is 22.7 Å². The predicted molar refractivity (Wildman–Crippen MR) is 168 cm³/mol. The summed E-state index contributed by atoms with van der Waals surface area (Å²) in [6, 6.07) is 2.85. The van der Waals surface area contributed by atoms with Crippen LogP contribution in [0, 0.1) is 22.7 Å². The highest BCUT2D eigenvalue weighted by Gasteiger charge is 2.74. The molecule has 0 aromatic carbocycles. The summed E-state index contributed by atoms with van der Waals surface area (Å²) in [5.41, 5.74) is -0.706. The van der Waals surface area contributed by atoms with Gasteiger partial charge in [-0.3, -0.25) is 19.2 Å². The number of carbonyl (C=O) groups excluding carboxylic acids is 4. The van der Waals surface area contributed by atoms with Crippen LogP contribution in [0.15, 0.2) is 11.1 Å². The second-order valence-electron chi connectivity index (χ2n) is 14.5. The van der Waals surface area contributed by atoms with Gasteiger partial charge in [0.25, 0.3) is 0 Å². The van der Waals surface area contributed by atoms with E-state index in [0.717, 1.165) is 29.3 Å². The Bertz CT molecular complexity index is 1210.